The van der Waals surface area contributed by atoms with E-state index in [2.05, 4.69) is 123 Å². The van der Waals surface area contributed by atoms with Gasteiger partial charge in [-0.3, -0.25) is 9.97 Å². The summed E-state index contributed by atoms with van der Waals surface area (Å²) in [5.74, 6) is 0. The summed E-state index contributed by atoms with van der Waals surface area (Å²) in [6.07, 6.45) is 3.86. The van der Waals surface area contributed by atoms with Crippen LogP contribution in [-0.4, -0.2) is 9.97 Å². The van der Waals surface area contributed by atoms with Crippen molar-refractivity contribution >= 4 is 38.9 Å². The fraction of sp³-hybridized carbons (Fsp3) is 0.118. The average Bonchev–Trinajstić information content (AvgIpc) is 2.92. The van der Waals surface area contributed by atoms with Crippen LogP contribution in [-0.2, 0) is 0 Å². The Bertz CT molecular complexity index is 1690. The van der Waals surface area contributed by atoms with Crippen LogP contribution in [0.5, 0.6) is 0 Å². The zero-order chi connectivity index (χ0) is 25.5. The summed E-state index contributed by atoms with van der Waals surface area (Å²) in [6.45, 7) is 8.54. The van der Waals surface area contributed by atoms with Crippen molar-refractivity contribution in [2.45, 2.75) is 27.7 Å². The predicted octanol–water partition coefficient (Wildman–Crippen LogP) is 9.15. The van der Waals surface area contributed by atoms with Gasteiger partial charge in [0.15, 0.2) is 0 Å². The molecule has 0 unspecified atom stereocenters. The van der Waals surface area contributed by atoms with E-state index in [1.54, 1.807) is 0 Å². The summed E-state index contributed by atoms with van der Waals surface area (Å²) in [7, 11) is 0. The highest BCUT2D eigenvalue weighted by atomic mass is 15.1. The van der Waals surface area contributed by atoms with Crippen molar-refractivity contribution in [2.24, 2.45) is 0 Å². The number of nitrogens with zero attached hydrogens (tertiary/aromatic N) is 3. The van der Waals surface area contributed by atoms with E-state index in [0.29, 0.717) is 0 Å². The van der Waals surface area contributed by atoms with E-state index in [1.165, 1.54) is 22.3 Å². The average molecular weight is 480 g/mol. The Hall–Kier alpha value is -4.50. The van der Waals surface area contributed by atoms with E-state index in [1.807, 2.05) is 18.5 Å². The number of rotatable bonds is 4. The second kappa shape index (κ2) is 9.18. The smallest absolute Gasteiger partial charge is 0.0967 e. The topological polar surface area (TPSA) is 29.0 Å². The Balaban J connectivity index is 1.43. The minimum Gasteiger partial charge on any atom is -0.311 e. The maximum absolute atomic E-state index is 4.88. The molecule has 0 aliphatic rings. The van der Waals surface area contributed by atoms with Gasteiger partial charge in [0.25, 0.3) is 0 Å². The molecular weight excluding hydrogens is 450 g/mol. The number of fused-ring (bicyclic) bond motifs is 3. The summed E-state index contributed by atoms with van der Waals surface area (Å²) < 4.78 is 0. The molecule has 0 aliphatic carbocycles. The van der Waals surface area contributed by atoms with E-state index >= 15 is 0 Å². The third kappa shape index (κ3) is 4.13. The third-order valence-corrected chi connectivity index (χ3v) is 7.26. The highest BCUT2D eigenvalue weighted by molar-refractivity contribution is 6.06. The van der Waals surface area contributed by atoms with Gasteiger partial charge in [0.2, 0.25) is 0 Å². The molecule has 6 aromatic rings. The second-order valence-electron chi connectivity index (χ2n) is 9.84. The molecule has 37 heavy (non-hydrogen) atoms. The van der Waals surface area contributed by atoms with Gasteiger partial charge in [-0.1, -0.05) is 59.7 Å². The van der Waals surface area contributed by atoms with E-state index in [9.17, 15) is 0 Å². The third-order valence-electron chi connectivity index (χ3n) is 7.26. The standard InChI is InChI=1S/C34H29N3/c1-22-5-11-27(12-6-22)37(28-13-7-23(2)8-14-28)29-15-9-26(10-16-29)32-21-36-34-31(25(32)4)18-17-30-24(3)19-20-35-33(30)34/h5-21H,1-4H3. The molecule has 180 valence electrons. The minimum absolute atomic E-state index is 0.962. The first kappa shape index (κ1) is 22.9. The molecule has 0 N–H and O–H groups in total. The van der Waals surface area contributed by atoms with Crippen molar-refractivity contribution in [1.82, 2.24) is 9.97 Å². The number of hydrogen-bond donors (Lipinski definition) is 0. The van der Waals surface area contributed by atoms with E-state index in [4.69, 9.17) is 4.98 Å². The maximum atomic E-state index is 4.88. The molecule has 2 heterocycles. The molecule has 3 nitrogen and oxygen atoms in total. The van der Waals surface area contributed by atoms with Gasteiger partial charge in [0.05, 0.1) is 11.0 Å². The van der Waals surface area contributed by atoms with Gasteiger partial charge >= 0.3 is 0 Å². The normalized spacial score (nSPS) is 11.2. The Morgan fingerprint density at radius 2 is 1.03 bits per heavy atom. The van der Waals surface area contributed by atoms with Crippen LogP contribution < -0.4 is 4.90 Å². The predicted molar refractivity (Wildman–Crippen MR) is 156 cm³/mol. The van der Waals surface area contributed by atoms with Crippen molar-refractivity contribution in [3.63, 3.8) is 0 Å². The van der Waals surface area contributed by atoms with Crippen LogP contribution >= 0.6 is 0 Å². The molecule has 0 amide bonds. The quantitative estimate of drug-likeness (QED) is 0.236. The van der Waals surface area contributed by atoms with Gasteiger partial charge in [0.1, 0.15) is 0 Å². The highest BCUT2D eigenvalue weighted by Crippen LogP contribution is 2.37. The zero-order valence-corrected chi connectivity index (χ0v) is 21.7. The molecule has 3 heteroatoms. The summed E-state index contributed by atoms with van der Waals surface area (Å²) in [5, 5.41) is 2.31. The van der Waals surface area contributed by atoms with Crippen molar-refractivity contribution in [3.8, 4) is 11.1 Å². The Labute approximate surface area is 218 Å². The van der Waals surface area contributed by atoms with Gasteiger partial charge < -0.3 is 4.90 Å². The molecule has 2 aromatic heterocycles. The molecule has 0 bridgehead atoms. The second-order valence-corrected chi connectivity index (χ2v) is 9.84. The van der Waals surface area contributed by atoms with Crippen LogP contribution in [0.2, 0.25) is 0 Å². The van der Waals surface area contributed by atoms with Gasteiger partial charge in [0, 0.05) is 45.8 Å². The molecule has 4 aromatic carbocycles. The molecule has 0 saturated heterocycles. The Morgan fingerprint density at radius 1 is 0.514 bits per heavy atom. The highest BCUT2D eigenvalue weighted by Gasteiger charge is 2.15. The van der Waals surface area contributed by atoms with Crippen LogP contribution in [0.15, 0.2) is 103 Å². The Kier molecular flexibility index (Phi) is 5.69. The lowest BCUT2D eigenvalue weighted by molar-refractivity contribution is 1.27. The van der Waals surface area contributed by atoms with Crippen LogP contribution in [0, 0.1) is 27.7 Å². The van der Waals surface area contributed by atoms with Crippen molar-refractivity contribution in [3.05, 3.63) is 126 Å². The molecule has 0 spiro atoms. The van der Waals surface area contributed by atoms with Crippen molar-refractivity contribution < 1.29 is 0 Å². The number of hydrogen-bond acceptors (Lipinski definition) is 3. The van der Waals surface area contributed by atoms with Crippen molar-refractivity contribution in [1.29, 1.82) is 0 Å². The fourth-order valence-corrected chi connectivity index (χ4v) is 5.06. The largest absolute Gasteiger partial charge is 0.311 e. The van der Waals surface area contributed by atoms with Crippen LogP contribution in [0.3, 0.4) is 0 Å². The van der Waals surface area contributed by atoms with Gasteiger partial charge in [-0.05, 0) is 86.8 Å². The lowest BCUT2D eigenvalue weighted by Gasteiger charge is -2.26. The zero-order valence-electron chi connectivity index (χ0n) is 21.7. The fourth-order valence-electron chi connectivity index (χ4n) is 5.06. The molecule has 6 rings (SSSR count). The lowest BCUT2D eigenvalue weighted by Crippen LogP contribution is -2.09. The van der Waals surface area contributed by atoms with Crippen LogP contribution in [0.1, 0.15) is 22.3 Å². The monoisotopic (exact) mass is 479 g/mol. The number of aromatic nitrogens is 2. The van der Waals surface area contributed by atoms with Crippen LogP contribution in [0.25, 0.3) is 32.9 Å². The SMILES string of the molecule is Cc1ccc(N(c2ccc(C)cc2)c2ccc(-c3cnc4c(ccc5c(C)ccnc54)c3C)cc2)cc1. The molecule has 0 atom stereocenters. The molecule has 0 fully saturated rings. The summed E-state index contributed by atoms with van der Waals surface area (Å²) in [6, 6.07) is 32.6. The van der Waals surface area contributed by atoms with E-state index < -0.39 is 0 Å². The summed E-state index contributed by atoms with van der Waals surface area (Å²) >= 11 is 0. The number of aryl methyl sites for hydroxylation is 4. The van der Waals surface area contributed by atoms with Crippen molar-refractivity contribution in [2.75, 3.05) is 4.90 Å². The molecule has 0 aliphatic heterocycles. The minimum atomic E-state index is 0.962. The maximum Gasteiger partial charge on any atom is 0.0967 e. The van der Waals surface area contributed by atoms with E-state index in [0.717, 1.165) is 50.0 Å². The van der Waals surface area contributed by atoms with Gasteiger partial charge in [-0.2, -0.15) is 0 Å². The number of anilines is 3. The van der Waals surface area contributed by atoms with E-state index in [-0.39, 0.29) is 0 Å². The number of benzene rings is 4. The Morgan fingerprint density at radius 3 is 1.62 bits per heavy atom. The van der Waals surface area contributed by atoms with Gasteiger partial charge in [-0.25, -0.2) is 0 Å². The molecular formula is C34H29N3. The van der Waals surface area contributed by atoms with Gasteiger partial charge in [-0.15, -0.1) is 0 Å². The number of pyridine rings is 2. The molecule has 0 saturated carbocycles. The lowest BCUT2D eigenvalue weighted by atomic mass is 9.97. The summed E-state index contributed by atoms with van der Waals surface area (Å²) in [5.41, 5.74) is 12.6. The van der Waals surface area contributed by atoms with Crippen LogP contribution in [0.4, 0.5) is 17.1 Å². The first-order valence-electron chi connectivity index (χ1n) is 12.7. The first-order valence-corrected chi connectivity index (χ1v) is 12.7. The summed E-state index contributed by atoms with van der Waals surface area (Å²) in [4.78, 5) is 11.8. The first-order chi connectivity index (χ1) is 18.0. The molecule has 0 radical (unpaired) electrons.